The Morgan fingerprint density at radius 3 is 2.92 bits per heavy atom. The van der Waals surface area contributed by atoms with Crippen LogP contribution in [0.15, 0.2) is 18.2 Å². The first-order valence-electron chi connectivity index (χ1n) is 4.15. The minimum absolute atomic E-state index is 0. The van der Waals surface area contributed by atoms with Crippen LogP contribution < -0.4 is 56.7 Å². The molecule has 1 N–H and O–H groups in total. The molecule has 0 spiro atoms. The number of hydrogen-bond donors (Lipinski definition) is 1. The van der Waals surface area contributed by atoms with E-state index < -0.39 is 0 Å². The van der Waals surface area contributed by atoms with Gasteiger partial charge in [0.2, 0.25) is 0 Å². The molecule has 0 radical (unpaired) electrons. The zero-order valence-electron chi connectivity index (χ0n) is 7.85. The Bertz CT molecular complexity index is 338. The smallest absolute Gasteiger partial charge is 0.366 e. The van der Waals surface area contributed by atoms with Gasteiger partial charge in [0.15, 0.2) is 0 Å². The van der Waals surface area contributed by atoms with Crippen LogP contribution in [0.4, 0.5) is 0 Å². The minimum atomic E-state index is 0. The van der Waals surface area contributed by atoms with Gasteiger partial charge in [0.05, 0.1) is 0 Å². The number of hydrogen-bond acceptors (Lipinski definition) is 1. The van der Waals surface area contributed by atoms with Crippen molar-refractivity contribution in [3.8, 4) is 5.92 Å². The molecule has 0 aromatic heterocycles. The maximum Gasteiger partial charge on any atom is 1.00 e. The molecule has 0 amide bonds. The van der Waals surface area contributed by atoms with Gasteiger partial charge in [0.1, 0.15) is 0 Å². The van der Waals surface area contributed by atoms with E-state index >= 15 is 0 Å². The van der Waals surface area contributed by atoms with Gasteiger partial charge in [-0.15, -0.1) is 17.7 Å². The second-order valence-electron chi connectivity index (χ2n) is 3.04. The van der Waals surface area contributed by atoms with Crippen molar-refractivity contribution < 1.29 is 51.4 Å². The van der Waals surface area contributed by atoms with Crippen LogP contribution in [0.5, 0.6) is 0 Å². The molecule has 0 atom stereocenters. The average Bonchev–Trinajstić information content (AvgIpc) is 2.17. The van der Waals surface area contributed by atoms with Gasteiger partial charge in [-0.3, -0.25) is 5.92 Å². The molecule has 1 aromatic carbocycles. The molecule has 0 saturated heterocycles. The Balaban J connectivity index is 0.000000845. The molecule has 1 aliphatic heterocycles. The fourth-order valence-electron chi connectivity index (χ4n) is 1.55. The van der Waals surface area contributed by atoms with Crippen LogP contribution in [0.25, 0.3) is 0 Å². The quantitative estimate of drug-likeness (QED) is 0.295. The first kappa shape index (κ1) is 11.5. The Morgan fingerprint density at radius 2 is 2.15 bits per heavy atom. The number of nitrogens with one attached hydrogen (secondary N) is 1. The van der Waals surface area contributed by atoms with Crippen molar-refractivity contribution in [2.75, 3.05) is 6.54 Å². The zero-order chi connectivity index (χ0) is 8.39. The second-order valence-corrected chi connectivity index (χ2v) is 3.04. The summed E-state index contributed by atoms with van der Waals surface area (Å²) in [5.41, 5.74) is 3.61. The van der Waals surface area contributed by atoms with E-state index in [2.05, 4.69) is 23.4 Å². The van der Waals surface area contributed by atoms with Crippen molar-refractivity contribution in [3.05, 3.63) is 41.3 Å². The van der Waals surface area contributed by atoms with Gasteiger partial charge in [-0.05, 0) is 18.5 Å². The fourth-order valence-corrected chi connectivity index (χ4v) is 1.55. The van der Waals surface area contributed by atoms with Gasteiger partial charge >= 0.3 is 51.4 Å². The fraction of sp³-hybridized carbons (Fsp3) is 0.273. The summed E-state index contributed by atoms with van der Waals surface area (Å²) in [6.45, 7) is 2.02. The molecule has 0 saturated carbocycles. The van der Waals surface area contributed by atoms with E-state index in [0.29, 0.717) is 0 Å². The molecule has 1 heterocycles. The van der Waals surface area contributed by atoms with Gasteiger partial charge in [0.25, 0.3) is 0 Å². The Labute approximate surface area is 122 Å². The van der Waals surface area contributed by atoms with Crippen molar-refractivity contribution in [1.29, 1.82) is 0 Å². The summed E-state index contributed by atoms with van der Waals surface area (Å²) < 4.78 is 0. The third-order valence-corrected chi connectivity index (χ3v) is 2.24. The second kappa shape index (κ2) is 5.30. The summed E-state index contributed by atoms with van der Waals surface area (Å²) in [6.07, 6.45) is 8.07. The monoisotopic (exact) mass is 195 g/mol. The van der Waals surface area contributed by atoms with Crippen LogP contribution in [0.2, 0.25) is 0 Å². The molecule has 0 fully saturated rings. The van der Waals surface area contributed by atoms with Gasteiger partial charge in [-0.1, -0.05) is 11.6 Å². The summed E-state index contributed by atoms with van der Waals surface area (Å²) in [4.78, 5) is 0. The Morgan fingerprint density at radius 1 is 1.31 bits per heavy atom. The molecule has 0 bridgehead atoms. The molecule has 1 aliphatic rings. The predicted molar refractivity (Wildman–Crippen MR) is 48.1 cm³/mol. The third kappa shape index (κ3) is 2.66. The summed E-state index contributed by atoms with van der Waals surface area (Å²) in [5, 5.41) is 3.31. The minimum Gasteiger partial charge on any atom is -0.366 e. The first-order valence-corrected chi connectivity index (χ1v) is 4.15. The van der Waals surface area contributed by atoms with E-state index in [1.54, 1.807) is 0 Å². The zero-order valence-corrected chi connectivity index (χ0v) is 11.0. The summed E-state index contributed by atoms with van der Waals surface area (Å²) in [6, 6.07) is 6.08. The van der Waals surface area contributed by atoms with Gasteiger partial charge in [-0.2, -0.15) is 0 Å². The molecule has 2 rings (SSSR count). The number of fused-ring (bicyclic) bond motifs is 1. The largest absolute Gasteiger partial charge is 1.00 e. The third-order valence-electron chi connectivity index (χ3n) is 2.24. The molecule has 60 valence electrons. The van der Waals surface area contributed by atoms with Crippen LogP contribution >= 0.6 is 0 Å². The van der Waals surface area contributed by atoms with Gasteiger partial charge in [0, 0.05) is 6.54 Å². The van der Waals surface area contributed by atoms with Crippen molar-refractivity contribution >= 4 is 0 Å². The predicted octanol–water partition coefficient (Wildman–Crippen LogP) is -1.73. The summed E-state index contributed by atoms with van der Waals surface area (Å²) in [7, 11) is 0. The van der Waals surface area contributed by atoms with E-state index in [9.17, 15) is 0 Å². The summed E-state index contributed by atoms with van der Waals surface area (Å²) >= 11 is 0. The van der Waals surface area contributed by atoms with E-state index in [0.717, 1.165) is 25.1 Å². The van der Waals surface area contributed by atoms with Gasteiger partial charge in [-0.25, -0.2) is 0 Å². The van der Waals surface area contributed by atoms with Crippen molar-refractivity contribution in [2.24, 2.45) is 0 Å². The van der Waals surface area contributed by atoms with Crippen LogP contribution in [0.3, 0.4) is 0 Å². The normalized spacial score (nSPS) is 13.8. The Hall–Kier alpha value is 0.376. The molecule has 2 heteroatoms. The SMILES string of the molecule is [C-]#Cc1ccc2c(c1)CCNC2.[K+]. The average molecular weight is 195 g/mol. The van der Waals surface area contributed by atoms with Crippen LogP contribution in [-0.4, -0.2) is 6.54 Å². The molecule has 1 aromatic rings. The van der Waals surface area contributed by atoms with E-state index in [1.165, 1.54) is 11.1 Å². The summed E-state index contributed by atoms with van der Waals surface area (Å²) in [5.74, 6) is 2.41. The molecule has 13 heavy (non-hydrogen) atoms. The van der Waals surface area contributed by atoms with Crippen molar-refractivity contribution in [1.82, 2.24) is 5.32 Å². The van der Waals surface area contributed by atoms with E-state index in [-0.39, 0.29) is 51.4 Å². The molecule has 1 nitrogen and oxygen atoms in total. The standard InChI is InChI=1S/C11H10N.K/c1-2-9-3-4-11-8-12-6-5-10(11)7-9;/h3-4,7,12H,5-6,8H2;/q-1;+1. The van der Waals surface area contributed by atoms with Crippen LogP contribution in [0.1, 0.15) is 16.7 Å². The topological polar surface area (TPSA) is 12.0 Å². The molecule has 0 aliphatic carbocycles. The maximum absolute atomic E-state index is 7.00. The number of rotatable bonds is 0. The first-order chi connectivity index (χ1) is 5.90. The van der Waals surface area contributed by atoms with Gasteiger partial charge < -0.3 is 11.7 Å². The van der Waals surface area contributed by atoms with Crippen molar-refractivity contribution in [2.45, 2.75) is 13.0 Å². The molecular formula is C11H10KN. The van der Waals surface area contributed by atoms with Crippen molar-refractivity contribution in [3.63, 3.8) is 0 Å². The Kier molecular flexibility index (Phi) is 4.67. The molecular weight excluding hydrogens is 185 g/mol. The molecule has 0 unspecified atom stereocenters. The van der Waals surface area contributed by atoms with Crippen LogP contribution in [-0.2, 0) is 13.0 Å². The van der Waals surface area contributed by atoms with E-state index in [4.69, 9.17) is 6.42 Å². The number of benzene rings is 1. The maximum atomic E-state index is 7.00. The van der Waals surface area contributed by atoms with E-state index in [1.807, 2.05) is 6.07 Å². The van der Waals surface area contributed by atoms with Crippen LogP contribution in [0, 0.1) is 12.3 Å².